The maximum Gasteiger partial charge on any atom is 0.0781 e. The second-order valence-corrected chi connectivity index (χ2v) is 6.30. The predicted octanol–water partition coefficient (Wildman–Crippen LogP) is 6.00. The third kappa shape index (κ3) is 38.4. The van der Waals surface area contributed by atoms with E-state index in [1.54, 1.807) is 14.2 Å². The Morgan fingerprint density at radius 3 is 1.67 bits per heavy atom. The molecule has 0 heterocycles. The zero-order valence-corrected chi connectivity index (χ0v) is 17.1. The van der Waals surface area contributed by atoms with Crippen LogP contribution in [0.4, 0.5) is 0 Å². The van der Waals surface area contributed by atoms with Crippen LogP contribution in [-0.2, 0) is 18.9 Å². The summed E-state index contributed by atoms with van der Waals surface area (Å²) in [6.45, 7) is 13.3. The van der Waals surface area contributed by atoms with Gasteiger partial charge in [0.05, 0.1) is 44.7 Å². The standard InChI is InChI=1S/C10H22O4.C8H19NO.6CH4/c1-9(12-4)8-14-10(2)7-13-6-5-11-3;1-5-7(2)9(4)6-8(3)10;;;;;;/h9-10H,5-8H2,1-4H3;7-8,10H,5-6H2,1-4H3;6*1H4. The van der Waals surface area contributed by atoms with Crippen LogP contribution in [0.1, 0.15) is 85.6 Å². The molecule has 1 N–H and O–H groups in total. The van der Waals surface area contributed by atoms with E-state index in [-0.39, 0.29) is 62.9 Å². The van der Waals surface area contributed by atoms with Crippen LogP contribution in [0, 0.1) is 0 Å². The van der Waals surface area contributed by atoms with Crippen molar-refractivity contribution >= 4 is 0 Å². The van der Waals surface area contributed by atoms with Gasteiger partial charge in [-0.1, -0.05) is 51.5 Å². The molecule has 0 amide bonds. The van der Waals surface area contributed by atoms with E-state index < -0.39 is 0 Å². The van der Waals surface area contributed by atoms with E-state index in [9.17, 15) is 0 Å². The highest BCUT2D eigenvalue weighted by Gasteiger charge is 2.08. The van der Waals surface area contributed by atoms with Gasteiger partial charge < -0.3 is 29.0 Å². The first-order valence-electron chi connectivity index (χ1n) is 8.87. The van der Waals surface area contributed by atoms with Crippen LogP contribution >= 0.6 is 0 Å². The van der Waals surface area contributed by atoms with Crippen molar-refractivity contribution in [2.75, 3.05) is 54.2 Å². The van der Waals surface area contributed by atoms with Gasteiger partial charge in [0.25, 0.3) is 0 Å². The van der Waals surface area contributed by atoms with Crippen molar-refractivity contribution in [3.05, 3.63) is 0 Å². The second kappa shape index (κ2) is 36.2. The van der Waals surface area contributed by atoms with Crippen molar-refractivity contribution < 1.29 is 24.1 Å². The topological polar surface area (TPSA) is 60.4 Å². The normalized spacial score (nSPS) is 13.0. The number of hydrogen-bond acceptors (Lipinski definition) is 6. The van der Waals surface area contributed by atoms with E-state index in [4.69, 9.17) is 24.1 Å². The largest absolute Gasteiger partial charge is 0.392 e. The summed E-state index contributed by atoms with van der Waals surface area (Å²) in [6, 6.07) is 0.578. The Bertz CT molecular complexity index is 256. The van der Waals surface area contributed by atoms with E-state index in [0.29, 0.717) is 32.5 Å². The lowest BCUT2D eigenvalue weighted by molar-refractivity contribution is -0.0515. The molecule has 0 saturated carbocycles. The SMILES string of the molecule is C.C.C.C.C.C.CCC(C)N(C)CC(C)O.COCCOCC(C)OCC(C)OC. The van der Waals surface area contributed by atoms with Crippen molar-refractivity contribution in [1.29, 1.82) is 0 Å². The summed E-state index contributed by atoms with van der Waals surface area (Å²) in [5.74, 6) is 0. The minimum absolute atomic E-state index is 0. The molecule has 0 spiro atoms. The lowest BCUT2D eigenvalue weighted by Crippen LogP contribution is -2.34. The highest BCUT2D eigenvalue weighted by molar-refractivity contribution is 4.62. The van der Waals surface area contributed by atoms with E-state index in [1.807, 2.05) is 27.8 Å². The number of aliphatic hydroxyl groups excluding tert-OH is 1. The average molecular weight is 448 g/mol. The number of hydrogen-bond donors (Lipinski definition) is 1. The molecule has 30 heavy (non-hydrogen) atoms. The quantitative estimate of drug-likeness (QED) is 0.349. The molecule has 0 aliphatic rings. The van der Waals surface area contributed by atoms with Crippen molar-refractivity contribution in [2.45, 2.75) is 110 Å². The van der Waals surface area contributed by atoms with Crippen molar-refractivity contribution in [3.63, 3.8) is 0 Å². The molecule has 6 heteroatoms. The van der Waals surface area contributed by atoms with Gasteiger partial charge >= 0.3 is 0 Å². The first-order chi connectivity index (χ1) is 11.3. The molecule has 0 rings (SSSR count). The Morgan fingerprint density at radius 2 is 1.30 bits per heavy atom. The highest BCUT2D eigenvalue weighted by Crippen LogP contribution is 2.00. The Morgan fingerprint density at radius 1 is 0.800 bits per heavy atom. The van der Waals surface area contributed by atoms with Crippen molar-refractivity contribution in [2.24, 2.45) is 0 Å². The van der Waals surface area contributed by atoms with Gasteiger partial charge in [0.15, 0.2) is 0 Å². The van der Waals surface area contributed by atoms with Crippen LogP contribution < -0.4 is 0 Å². The molecule has 6 nitrogen and oxygen atoms in total. The van der Waals surface area contributed by atoms with Gasteiger partial charge in [0.1, 0.15) is 0 Å². The monoisotopic (exact) mass is 447 g/mol. The first kappa shape index (κ1) is 52.0. The van der Waals surface area contributed by atoms with Gasteiger partial charge in [0, 0.05) is 26.8 Å². The first-order valence-corrected chi connectivity index (χ1v) is 8.87. The Balaban J connectivity index is -0.0000000463. The molecule has 0 saturated heterocycles. The summed E-state index contributed by atoms with van der Waals surface area (Å²) < 4.78 is 20.7. The lowest BCUT2D eigenvalue weighted by Gasteiger charge is -2.24. The highest BCUT2D eigenvalue weighted by atomic mass is 16.6. The van der Waals surface area contributed by atoms with Crippen LogP contribution in [0.5, 0.6) is 0 Å². The number of likely N-dealkylation sites (N-methyl/N-ethyl adjacent to an activating group) is 1. The average Bonchev–Trinajstić information content (AvgIpc) is 2.55. The lowest BCUT2D eigenvalue weighted by atomic mass is 10.2. The summed E-state index contributed by atoms with van der Waals surface area (Å²) in [4.78, 5) is 2.17. The molecular formula is C24H65NO5. The Kier molecular flexibility index (Phi) is 62.6. The summed E-state index contributed by atoms with van der Waals surface area (Å²) in [5.41, 5.74) is 0. The number of aliphatic hydroxyl groups is 1. The fraction of sp³-hybridized carbons (Fsp3) is 1.00. The number of methoxy groups -OCH3 is 2. The minimum atomic E-state index is -0.209. The summed E-state index contributed by atoms with van der Waals surface area (Å²) in [5, 5.41) is 9.03. The smallest absolute Gasteiger partial charge is 0.0781 e. The van der Waals surface area contributed by atoms with Crippen LogP contribution in [0.15, 0.2) is 0 Å². The maximum atomic E-state index is 9.03. The van der Waals surface area contributed by atoms with Gasteiger partial charge in [-0.05, 0) is 41.2 Å². The minimum Gasteiger partial charge on any atom is -0.392 e. The van der Waals surface area contributed by atoms with E-state index in [0.717, 1.165) is 13.0 Å². The van der Waals surface area contributed by atoms with Crippen LogP contribution in [0.25, 0.3) is 0 Å². The molecule has 4 atom stereocenters. The zero-order valence-electron chi connectivity index (χ0n) is 17.1. The maximum absolute atomic E-state index is 9.03. The Labute approximate surface area is 193 Å². The molecule has 0 aromatic carbocycles. The van der Waals surface area contributed by atoms with Gasteiger partial charge in [0.2, 0.25) is 0 Å². The number of ether oxygens (including phenoxy) is 4. The molecule has 0 aromatic heterocycles. The van der Waals surface area contributed by atoms with E-state index in [1.165, 1.54) is 0 Å². The van der Waals surface area contributed by atoms with Crippen LogP contribution in [0.2, 0.25) is 0 Å². The third-order valence-corrected chi connectivity index (χ3v) is 3.70. The van der Waals surface area contributed by atoms with Gasteiger partial charge in [-0.2, -0.15) is 0 Å². The molecule has 0 radical (unpaired) electrons. The molecule has 4 unspecified atom stereocenters. The van der Waals surface area contributed by atoms with Gasteiger partial charge in [-0.3, -0.25) is 0 Å². The zero-order chi connectivity index (χ0) is 19.0. The van der Waals surface area contributed by atoms with Crippen LogP contribution in [0.3, 0.4) is 0 Å². The van der Waals surface area contributed by atoms with E-state index in [2.05, 4.69) is 18.7 Å². The van der Waals surface area contributed by atoms with Gasteiger partial charge in [-0.25, -0.2) is 0 Å². The molecule has 0 aliphatic carbocycles. The fourth-order valence-corrected chi connectivity index (χ4v) is 1.72. The second-order valence-electron chi connectivity index (χ2n) is 6.30. The molecule has 196 valence electrons. The van der Waals surface area contributed by atoms with Crippen LogP contribution in [-0.4, -0.2) is 88.6 Å². The van der Waals surface area contributed by atoms with Crippen molar-refractivity contribution in [3.8, 4) is 0 Å². The number of nitrogens with zero attached hydrogens (tertiary/aromatic N) is 1. The molecule has 0 bridgehead atoms. The van der Waals surface area contributed by atoms with Crippen molar-refractivity contribution in [1.82, 2.24) is 4.90 Å². The Hall–Kier alpha value is -0.240. The summed E-state index contributed by atoms with van der Waals surface area (Å²) in [6.07, 6.45) is 1.17. The van der Waals surface area contributed by atoms with E-state index >= 15 is 0 Å². The summed E-state index contributed by atoms with van der Waals surface area (Å²) >= 11 is 0. The third-order valence-electron chi connectivity index (χ3n) is 3.70. The number of rotatable bonds is 13. The molecule has 0 aliphatic heterocycles. The fourth-order valence-electron chi connectivity index (χ4n) is 1.72. The molecule has 0 fully saturated rings. The predicted molar refractivity (Wildman–Crippen MR) is 139 cm³/mol. The summed E-state index contributed by atoms with van der Waals surface area (Å²) in [7, 11) is 5.37. The molecule has 0 aromatic rings. The van der Waals surface area contributed by atoms with Gasteiger partial charge in [-0.15, -0.1) is 0 Å². The molecular weight excluding hydrogens is 382 g/mol.